The quantitative estimate of drug-likeness (QED) is 0.890. The van der Waals surface area contributed by atoms with E-state index in [0.29, 0.717) is 17.5 Å². The molecule has 1 aromatic heterocycles. The van der Waals surface area contributed by atoms with Gasteiger partial charge in [0.15, 0.2) is 0 Å². The molecule has 0 saturated carbocycles. The predicted molar refractivity (Wildman–Crippen MR) is 103 cm³/mol. The SMILES string of the molecule is CNC(=O)CN1CCC(CN(C)c2ccnc3cc(Cl)ccc23)CC1. The van der Waals surface area contributed by atoms with Crippen molar-refractivity contribution in [2.24, 2.45) is 5.92 Å². The van der Waals surface area contributed by atoms with E-state index >= 15 is 0 Å². The number of nitrogens with one attached hydrogen (secondary N) is 1. The van der Waals surface area contributed by atoms with E-state index in [1.165, 1.54) is 5.69 Å². The highest BCUT2D eigenvalue weighted by Gasteiger charge is 2.22. The number of benzene rings is 1. The van der Waals surface area contributed by atoms with Crippen LogP contribution >= 0.6 is 11.6 Å². The van der Waals surface area contributed by atoms with Crippen LogP contribution in [0, 0.1) is 5.92 Å². The summed E-state index contributed by atoms with van der Waals surface area (Å²) in [4.78, 5) is 20.5. The number of aromatic nitrogens is 1. The molecule has 6 heteroatoms. The van der Waals surface area contributed by atoms with Crippen molar-refractivity contribution in [3.63, 3.8) is 0 Å². The molecule has 1 N–H and O–H groups in total. The minimum Gasteiger partial charge on any atom is -0.374 e. The van der Waals surface area contributed by atoms with Crippen molar-refractivity contribution in [2.75, 3.05) is 45.2 Å². The van der Waals surface area contributed by atoms with Crippen molar-refractivity contribution in [1.29, 1.82) is 0 Å². The molecular formula is C19H25ClN4O. The monoisotopic (exact) mass is 360 g/mol. The van der Waals surface area contributed by atoms with Crippen LogP contribution in [0.15, 0.2) is 30.5 Å². The fraction of sp³-hybridized carbons (Fsp3) is 0.474. The molecule has 0 bridgehead atoms. The lowest BCUT2D eigenvalue weighted by atomic mass is 9.96. The van der Waals surface area contributed by atoms with E-state index in [2.05, 4.69) is 33.2 Å². The van der Waals surface area contributed by atoms with Crippen molar-refractivity contribution in [2.45, 2.75) is 12.8 Å². The summed E-state index contributed by atoms with van der Waals surface area (Å²) in [5, 5.41) is 4.54. The standard InChI is InChI=1S/C19H25ClN4O/c1-21-19(25)13-24-9-6-14(7-10-24)12-23(2)18-5-8-22-17-11-15(20)3-4-16(17)18/h3-5,8,11,14H,6-7,9-10,12-13H2,1-2H3,(H,21,25). The van der Waals surface area contributed by atoms with Gasteiger partial charge in [0.25, 0.3) is 0 Å². The summed E-state index contributed by atoms with van der Waals surface area (Å²) < 4.78 is 0. The largest absolute Gasteiger partial charge is 0.374 e. The first-order valence-corrected chi connectivity index (χ1v) is 9.13. The zero-order valence-electron chi connectivity index (χ0n) is 14.8. The molecule has 1 amide bonds. The van der Waals surface area contributed by atoms with Gasteiger partial charge >= 0.3 is 0 Å². The van der Waals surface area contributed by atoms with Gasteiger partial charge in [-0.05, 0) is 56.1 Å². The highest BCUT2D eigenvalue weighted by atomic mass is 35.5. The molecule has 0 atom stereocenters. The highest BCUT2D eigenvalue weighted by molar-refractivity contribution is 6.31. The van der Waals surface area contributed by atoms with E-state index in [1.807, 2.05) is 24.4 Å². The number of fused-ring (bicyclic) bond motifs is 1. The van der Waals surface area contributed by atoms with Crippen LogP contribution in [0.2, 0.25) is 5.02 Å². The first-order chi connectivity index (χ1) is 12.1. The number of amides is 1. The summed E-state index contributed by atoms with van der Waals surface area (Å²) in [5.41, 5.74) is 2.12. The summed E-state index contributed by atoms with van der Waals surface area (Å²) in [6.45, 7) is 3.49. The van der Waals surface area contributed by atoms with Crippen LogP contribution in [0.3, 0.4) is 0 Å². The Morgan fingerprint density at radius 1 is 1.36 bits per heavy atom. The summed E-state index contributed by atoms with van der Waals surface area (Å²) in [6, 6.07) is 7.94. The topological polar surface area (TPSA) is 48.5 Å². The first-order valence-electron chi connectivity index (χ1n) is 8.75. The number of rotatable bonds is 5. The van der Waals surface area contributed by atoms with Gasteiger partial charge in [0.05, 0.1) is 12.1 Å². The number of piperidine rings is 1. The molecule has 3 rings (SSSR count). The summed E-state index contributed by atoms with van der Waals surface area (Å²) >= 11 is 6.08. The van der Waals surface area contributed by atoms with E-state index in [4.69, 9.17) is 11.6 Å². The van der Waals surface area contributed by atoms with Crippen molar-refractivity contribution < 1.29 is 4.79 Å². The maximum atomic E-state index is 11.5. The summed E-state index contributed by atoms with van der Waals surface area (Å²) in [5.74, 6) is 0.735. The van der Waals surface area contributed by atoms with E-state index < -0.39 is 0 Å². The molecule has 0 aliphatic carbocycles. The molecule has 1 fully saturated rings. The van der Waals surface area contributed by atoms with Crippen LogP contribution < -0.4 is 10.2 Å². The molecule has 0 unspecified atom stereocenters. The molecule has 2 heterocycles. The number of hydrogen-bond acceptors (Lipinski definition) is 4. The summed E-state index contributed by atoms with van der Waals surface area (Å²) in [6.07, 6.45) is 4.09. The molecular weight excluding hydrogens is 336 g/mol. The molecule has 134 valence electrons. The Bertz CT molecular complexity index is 743. The van der Waals surface area contributed by atoms with E-state index in [1.54, 1.807) is 7.05 Å². The van der Waals surface area contributed by atoms with E-state index in [0.717, 1.165) is 43.4 Å². The van der Waals surface area contributed by atoms with Gasteiger partial charge in [0, 0.05) is 42.9 Å². The molecule has 0 spiro atoms. The third-order valence-corrected chi connectivity index (χ3v) is 5.21. The third kappa shape index (κ3) is 4.41. The van der Waals surface area contributed by atoms with Crippen LogP contribution in [0.25, 0.3) is 10.9 Å². The number of anilines is 1. The van der Waals surface area contributed by atoms with Crippen molar-refractivity contribution in [3.05, 3.63) is 35.5 Å². The number of likely N-dealkylation sites (N-methyl/N-ethyl adjacent to an activating group) is 1. The molecule has 25 heavy (non-hydrogen) atoms. The fourth-order valence-corrected chi connectivity index (χ4v) is 3.70. The number of carbonyl (C=O) groups is 1. The van der Waals surface area contributed by atoms with Gasteiger partial charge in [-0.1, -0.05) is 11.6 Å². The third-order valence-electron chi connectivity index (χ3n) is 4.98. The lowest BCUT2D eigenvalue weighted by Crippen LogP contribution is -2.42. The second-order valence-electron chi connectivity index (χ2n) is 6.76. The van der Waals surface area contributed by atoms with Crippen LogP contribution in [-0.4, -0.2) is 56.1 Å². The predicted octanol–water partition coefficient (Wildman–Crippen LogP) is 2.78. The van der Waals surface area contributed by atoms with Gasteiger partial charge in [0.2, 0.25) is 5.91 Å². The molecule has 1 aromatic carbocycles. The number of halogens is 1. The first kappa shape index (κ1) is 18.0. The average molecular weight is 361 g/mol. The average Bonchev–Trinajstić information content (AvgIpc) is 2.62. The van der Waals surface area contributed by atoms with Crippen LogP contribution in [0.1, 0.15) is 12.8 Å². The zero-order chi connectivity index (χ0) is 17.8. The molecule has 1 saturated heterocycles. The normalized spacial score (nSPS) is 16.1. The van der Waals surface area contributed by atoms with Crippen LogP contribution in [0.5, 0.6) is 0 Å². The smallest absolute Gasteiger partial charge is 0.233 e. The van der Waals surface area contributed by atoms with E-state index in [9.17, 15) is 4.79 Å². The summed E-state index contributed by atoms with van der Waals surface area (Å²) in [7, 11) is 3.83. The van der Waals surface area contributed by atoms with Crippen LogP contribution in [-0.2, 0) is 4.79 Å². The Kier molecular flexibility index (Phi) is 5.76. The fourth-order valence-electron chi connectivity index (χ4n) is 3.53. The Morgan fingerprint density at radius 2 is 2.12 bits per heavy atom. The van der Waals surface area contributed by atoms with Crippen molar-refractivity contribution >= 4 is 34.1 Å². The molecule has 0 radical (unpaired) electrons. The lowest BCUT2D eigenvalue weighted by molar-refractivity contribution is -0.122. The van der Waals surface area contributed by atoms with Crippen molar-refractivity contribution in [3.8, 4) is 0 Å². The minimum absolute atomic E-state index is 0.0949. The van der Waals surface area contributed by atoms with Gasteiger partial charge in [-0.15, -0.1) is 0 Å². The Hall–Kier alpha value is -1.85. The number of likely N-dealkylation sites (tertiary alicyclic amines) is 1. The Morgan fingerprint density at radius 3 is 2.84 bits per heavy atom. The van der Waals surface area contributed by atoms with Gasteiger partial charge < -0.3 is 10.2 Å². The number of hydrogen-bond donors (Lipinski definition) is 1. The Labute approximate surface area is 154 Å². The maximum absolute atomic E-state index is 11.5. The second kappa shape index (κ2) is 8.02. The highest BCUT2D eigenvalue weighted by Crippen LogP contribution is 2.28. The van der Waals surface area contributed by atoms with Gasteiger partial charge in [-0.3, -0.25) is 14.7 Å². The second-order valence-corrected chi connectivity index (χ2v) is 7.20. The zero-order valence-corrected chi connectivity index (χ0v) is 15.6. The van der Waals surface area contributed by atoms with E-state index in [-0.39, 0.29) is 5.91 Å². The van der Waals surface area contributed by atoms with Gasteiger partial charge in [-0.2, -0.15) is 0 Å². The molecule has 1 aliphatic rings. The number of pyridine rings is 1. The number of carbonyl (C=O) groups excluding carboxylic acids is 1. The van der Waals surface area contributed by atoms with Gasteiger partial charge in [0.1, 0.15) is 0 Å². The molecule has 1 aliphatic heterocycles. The lowest BCUT2D eigenvalue weighted by Gasteiger charge is -2.34. The maximum Gasteiger partial charge on any atom is 0.233 e. The minimum atomic E-state index is 0.0949. The number of nitrogens with zero attached hydrogens (tertiary/aromatic N) is 3. The van der Waals surface area contributed by atoms with Crippen LogP contribution in [0.4, 0.5) is 5.69 Å². The Balaban J connectivity index is 1.62. The van der Waals surface area contributed by atoms with Crippen molar-refractivity contribution in [1.82, 2.24) is 15.2 Å². The molecule has 5 nitrogen and oxygen atoms in total. The van der Waals surface area contributed by atoms with Gasteiger partial charge in [-0.25, -0.2) is 0 Å². The molecule has 2 aromatic rings.